The zero-order chi connectivity index (χ0) is 13.3. The van der Waals surface area contributed by atoms with Gasteiger partial charge in [-0.1, -0.05) is 27.5 Å². The molecule has 0 unspecified atom stereocenters. The molecular formula is C12H13BrClN3O. The number of nitrogens with zero attached hydrogens (tertiary/aromatic N) is 2. The van der Waals surface area contributed by atoms with Crippen LogP contribution >= 0.6 is 27.5 Å². The van der Waals surface area contributed by atoms with Gasteiger partial charge in [-0.05, 0) is 18.2 Å². The highest BCUT2D eigenvalue weighted by Crippen LogP contribution is 2.36. The Morgan fingerprint density at radius 2 is 2.22 bits per heavy atom. The summed E-state index contributed by atoms with van der Waals surface area (Å²) in [6.07, 6.45) is 0. The van der Waals surface area contributed by atoms with Gasteiger partial charge >= 0.3 is 0 Å². The molecule has 0 aliphatic rings. The molecule has 0 fully saturated rings. The Morgan fingerprint density at radius 1 is 1.50 bits per heavy atom. The summed E-state index contributed by atoms with van der Waals surface area (Å²) in [6.45, 7) is 0.340. The standard InChI is InChI=1S/C12H13BrClN3O/c1-17-10(6-15)16-12(14)11(17)8-5-7(13)3-4-9(8)18-2/h3-5H,6,15H2,1-2H3. The van der Waals surface area contributed by atoms with Crippen molar-refractivity contribution in [3.8, 4) is 17.0 Å². The van der Waals surface area contributed by atoms with Gasteiger partial charge in [-0.15, -0.1) is 0 Å². The highest BCUT2D eigenvalue weighted by Gasteiger charge is 2.17. The Labute approximate surface area is 119 Å². The van der Waals surface area contributed by atoms with Crippen LogP contribution in [0, 0.1) is 0 Å². The Morgan fingerprint density at radius 3 is 2.78 bits per heavy atom. The van der Waals surface area contributed by atoms with Gasteiger partial charge in [0.1, 0.15) is 11.6 Å². The van der Waals surface area contributed by atoms with Crippen molar-refractivity contribution in [1.29, 1.82) is 0 Å². The summed E-state index contributed by atoms with van der Waals surface area (Å²) in [4.78, 5) is 4.24. The van der Waals surface area contributed by atoms with Crippen LogP contribution in [0.3, 0.4) is 0 Å². The lowest BCUT2D eigenvalue weighted by Crippen LogP contribution is -2.05. The van der Waals surface area contributed by atoms with E-state index < -0.39 is 0 Å². The van der Waals surface area contributed by atoms with Gasteiger partial charge in [-0.3, -0.25) is 0 Å². The van der Waals surface area contributed by atoms with Crippen LogP contribution in [-0.4, -0.2) is 16.7 Å². The summed E-state index contributed by atoms with van der Waals surface area (Å²) in [5, 5.41) is 0.425. The topological polar surface area (TPSA) is 53.1 Å². The van der Waals surface area contributed by atoms with E-state index in [-0.39, 0.29) is 0 Å². The second-order valence-electron chi connectivity index (χ2n) is 3.78. The Hall–Kier alpha value is -1.04. The smallest absolute Gasteiger partial charge is 0.155 e. The fourth-order valence-corrected chi connectivity index (χ4v) is 2.54. The minimum Gasteiger partial charge on any atom is -0.496 e. The molecule has 1 heterocycles. The predicted molar refractivity (Wildman–Crippen MR) is 75.8 cm³/mol. The van der Waals surface area contributed by atoms with Crippen molar-refractivity contribution < 1.29 is 4.74 Å². The van der Waals surface area contributed by atoms with Crippen LogP contribution in [0.1, 0.15) is 5.82 Å². The molecule has 0 amide bonds. The maximum Gasteiger partial charge on any atom is 0.155 e. The quantitative estimate of drug-likeness (QED) is 0.941. The lowest BCUT2D eigenvalue weighted by Gasteiger charge is -2.10. The van der Waals surface area contributed by atoms with E-state index in [0.29, 0.717) is 11.7 Å². The third-order valence-corrected chi connectivity index (χ3v) is 3.50. The Bertz CT molecular complexity index is 583. The molecule has 0 saturated carbocycles. The maximum atomic E-state index is 6.19. The lowest BCUT2D eigenvalue weighted by molar-refractivity contribution is 0.416. The Kier molecular flexibility index (Phi) is 3.94. The third-order valence-electron chi connectivity index (χ3n) is 2.74. The van der Waals surface area contributed by atoms with Crippen molar-refractivity contribution in [1.82, 2.24) is 9.55 Å². The monoisotopic (exact) mass is 329 g/mol. The molecule has 1 aromatic heterocycles. The number of benzene rings is 1. The average molecular weight is 331 g/mol. The molecule has 0 bridgehead atoms. The number of hydrogen-bond donors (Lipinski definition) is 1. The van der Waals surface area contributed by atoms with E-state index in [0.717, 1.165) is 27.3 Å². The first kappa shape index (κ1) is 13.4. The number of ether oxygens (including phenoxy) is 1. The van der Waals surface area contributed by atoms with Crippen molar-refractivity contribution in [2.45, 2.75) is 6.54 Å². The van der Waals surface area contributed by atoms with Gasteiger partial charge in [0.05, 0.1) is 19.3 Å². The summed E-state index contributed by atoms with van der Waals surface area (Å²) in [7, 11) is 3.51. The molecule has 2 aromatic rings. The van der Waals surface area contributed by atoms with E-state index >= 15 is 0 Å². The second kappa shape index (κ2) is 5.30. The summed E-state index contributed by atoms with van der Waals surface area (Å²) in [5.74, 6) is 1.48. The van der Waals surface area contributed by atoms with Gasteiger partial charge in [0.2, 0.25) is 0 Å². The summed E-state index contributed by atoms with van der Waals surface area (Å²) >= 11 is 9.63. The van der Waals surface area contributed by atoms with Gasteiger partial charge in [0, 0.05) is 17.1 Å². The van der Waals surface area contributed by atoms with Crippen molar-refractivity contribution >= 4 is 27.5 Å². The number of methoxy groups -OCH3 is 1. The summed E-state index contributed by atoms with van der Waals surface area (Å²) in [6, 6.07) is 5.74. The molecule has 18 heavy (non-hydrogen) atoms. The fourth-order valence-electron chi connectivity index (χ4n) is 1.85. The molecule has 0 atom stereocenters. The SMILES string of the molecule is COc1ccc(Br)cc1-c1c(Cl)nc(CN)n1C. The molecule has 0 radical (unpaired) electrons. The highest BCUT2D eigenvalue weighted by molar-refractivity contribution is 9.10. The van der Waals surface area contributed by atoms with Crippen LogP contribution in [0.25, 0.3) is 11.3 Å². The Balaban J connectivity index is 2.68. The first-order valence-corrected chi connectivity index (χ1v) is 6.50. The van der Waals surface area contributed by atoms with Crippen molar-refractivity contribution in [3.63, 3.8) is 0 Å². The van der Waals surface area contributed by atoms with Crippen LogP contribution in [0.5, 0.6) is 5.75 Å². The van der Waals surface area contributed by atoms with Gasteiger partial charge in [0.25, 0.3) is 0 Å². The van der Waals surface area contributed by atoms with Gasteiger partial charge in [-0.2, -0.15) is 0 Å². The normalized spacial score (nSPS) is 10.7. The molecule has 96 valence electrons. The fraction of sp³-hybridized carbons (Fsp3) is 0.250. The predicted octanol–water partition coefficient (Wildman–Crippen LogP) is 2.97. The number of nitrogens with two attached hydrogens (primary N) is 1. The molecule has 0 saturated heterocycles. The summed E-state index contributed by atoms with van der Waals surface area (Å²) < 4.78 is 8.19. The number of aromatic nitrogens is 2. The van der Waals surface area contributed by atoms with Crippen LogP contribution in [0.4, 0.5) is 0 Å². The van der Waals surface area contributed by atoms with Crippen molar-refractivity contribution in [2.75, 3.05) is 7.11 Å². The molecule has 0 aliphatic carbocycles. The number of rotatable bonds is 3. The van der Waals surface area contributed by atoms with E-state index in [1.807, 2.05) is 29.8 Å². The number of hydrogen-bond acceptors (Lipinski definition) is 3. The summed E-state index contributed by atoms with van der Waals surface area (Å²) in [5.41, 5.74) is 7.31. The van der Waals surface area contributed by atoms with Crippen molar-refractivity contribution in [2.24, 2.45) is 12.8 Å². The largest absolute Gasteiger partial charge is 0.496 e. The van der Waals surface area contributed by atoms with Crippen LogP contribution in [-0.2, 0) is 13.6 Å². The minimum atomic E-state index is 0.340. The van der Waals surface area contributed by atoms with Crippen LogP contribution in [0.2, 0.25) is 5.15 Å². The van der Waals surface area contributed by atoms with Crippen LogP contribution in [0.15, 0.2) is 22.7 Å². The molecule has 4 nitrogen and oxygen atoms in total. The highest BCUT2D eigenvalue weighted by atomic mass is 79.9. The first-order chi connectivity index (χ1) is 8.58. The first-order valence-electron chi connectivity index (χ1n) is 5.33. The van der Waals surface area contributed by atoms with Gasteiger partial charge < -0.3 is 15.0 Å². The van der Waals surface area contributed by atoms with E-state index in [1.54, 1.807) is 7.11 Å². The van der Waals surface area contributed by atoms with E-state index in [9.17, 15) is 0 Å². The number of imidazole rings is 1. The lowest BCUT2D eigenvalue weighted by atomic mass is 10.1. The molecule has 6 heteroatoms. The third kappa shape index (κ3) is 2.25. The maximum absolute atomic E-state index is 6.19. The molecule has 2 rings (SSSR count). The van der Waals surface area contributed by atoms with Gasteiger partial charge in [0.15, 0.2) is 5.15 Å². The average Bonchev–Trinajstić information content (AvgIpc) is 2.64. The zero-order valence-corrected chi connectivity index (χ0v) is 12.4. The van der Waals surface area contributed by atoms with Crippen LogP contribution < -0.4 is 10.5 Å². The molecular weight excluding hydrogens is 318 g/mol. The minimum absolute atomic E-state index is 0.340. The molecule has 0 aliphatic heterocycles. The van der Waals surface area contributed by atoms with E-state index in [1.165, 1.54) is 0 Å². The van der Waals surface area contributed by atoms with Gasteiger partial charge in [-0.25, -0.2) is 4.98 Å². The van der Waals surface area contributed by atoms with E-state index in [4.69, 9.17) is 22.1 Å². The second-order valence-corrected chi connectivity index (χ2v) is 5.05. The van der Waals surface area contributed by atoms with Crippen molar-refractivity contribution in [3.05, 3.63) is 33.6 Å². The molecule has 1 aromatic carbocycles. The molecule has 2 N–H and O–H groups in total. The number of halogens is 2. The van der Waals surface area contributed by atoms with E-state index in [2.05, 4.69) is 20.9 Å². The zero-order valence-electron chi connectivity index (χ0n) is 10.1. The molecule has 0 spiro atoms.